The van der Waals surface area contributed by atoms with Gasteiger partial charge < -0.3 is 5.11 Å². The summed E-state index contributed by atoms with van der Waals surface area (Å²) in [4.78, 5) is 10.5. The molecule has 0 aliphatic carbocycles. The summed E-state index contributed by atoms with van der Waals surface area (Å²) in [6.07, 6.45) is 0. The minimum atomic E-state index is -0.982. The van der Waals surface area contributed by atoms with E-state index in [1.54, 1.807) is 0 Å². The lowest BCUT2D eigenvalue weighted by atomic mass is 10.3. The van der Waals surface area contributed by atoms with E-state index in [0.29, 0.717) is 5.02 Å². The van der Waals surface area contributed by atoms with Gasteiger partial charge >= 0.3 is 5.97 Å². The SMILES string of the molecule is O=C(O)CSc1cc(Cl)ccc1F. The van der Waals surface area contributed by atoms with Gasteiger partial charge in [-0.15, -0.1) is 11.8 Å². The lowest BCUT2D eigenvalue weighted by molar-refractivity contribution is -0.133. The van der Waals surface area contributed by atoms with E-state index in [1.807, 2.05) is 0 Å². The molecule has 0 amide bonds. The van der Waals surface area contributed by atoms with Gasteiger partial charge in [0.25, 0.3) is 0 Å². The van der Waals surface area contributed by atoms with E-state index in [4.69, 9.17) is 16.7 Å². The maximum absolute atomic E-state index is 12.9. The highest BCUT2D eigenvalue weighted by molar-refractivity contribution is 8.00. The summed E-state index contributed by atoms with van der Waals surface area (Å²) in [5.74, 6) is -1.60. The number of halogens is 2. The van der Waals surface area contributed by atoms with Crippen LogP contribution in [0.15, 0.2) is 23.1 Å². The molecule has 0 atom stereocenters. The van der Waals surface area contributed by atoms with Crippen molar-refractivity contribution in [2.45, 2.75) is 4.90 Å². The molecule has 0 aromatic heterocycles. The van der Waals surface area contributed by atoms with Gasteiger partial charge in [-0.25, -0.2) is 4.39 Å². The number of hydrogen-bond acceptors (Lipinski definition) is 2. The Bertz CT molecular complexity index is 330. The zero-order valence-electron chi connectivity index (χ0n) is 6.46. The third-order valence-electron chi connectivity index (χ3n) is 1.24. The van der Waals surface area contributed by atoms with Crippen molar-refractivity contribution in [3.05, 3.63) is 29.0 Å². The zero-order chi connectivity index (χ0) is 9.84. The van der Waals surface area contributed by atoms with Crippen LogP contribution in [0.3, 0.4) is 0 Å². The number of carboxylic acids is 1. The van der Waals surface area contributed by atoms with Crippen LogP contribution in [0.1, 0.15) is 0 Å². The fraction of sp³-hybridized carbons (Fsp3) is 0.125. The van der Waals surface area contributed by atoms with Gasteiger partial charge in [-0.3, -0.25) is 4.79 Å². The number of aliphatic carboxylic acids is 1. The van der Waals surface area contributed by atoms with Crippen LogP contribution in [-0.4, -0.2) is 16.8 Å². The Morgan fingerprint density at radius 2 is 2.31 bits per heavy atom. The molecule has 0 bridgehead atoms. The lowest BCUT2D eigenvalue weighted by Gasteiger charge is -2.00. The molecule has 0 saturated carbocycles. The molecule has 0 heterocycles. The summed E-state index contributed by atoms with van der Waals surface area (Å²) in [6.45, 7) is 0. The summed E-state index contributed by atoms with van der Waals surface area (Å²) in [5.41, 5.74) is 0. The topological polar surface area (TPSA) is 37.3 Å². The van der Waals surface area contributed by atoms with Crippen molar-refractivity contribution in [1.29, 1.82) is 0 Å². The van der Waals surface area contributed by atoms with Crippen molar-refractivity contribution in [3.8, 4) is 0 Å². The van der Waals surface area contributed by atoms with Crippen molar-refractivity contribution >= 4 is 29.3 Å². The van der Waals surface area contributed by atoms with E-state index >= 15 is 0 Å². The molecule has 2 nitrogen and oxygen atoms in total. The fourth-order valence-corrected chi connectivity index (χ4v) is 1.66. The first-order valence-corrected chi connectivity index (χ1v) is 4.75. The number of carbonyl (C=O) groups is 1. The van der Waals surface area contributed by atoms with E-state index in [1.165, 1.54) is 18.2 Å². The average Bonchev–Trinajstić information content (AvgIpc) is 2.06. The molecular formula is C8H6ClFO2S. The second-order valence-corrected chi connectivity index (χ2v) is 3.71. The van der Waals surface area contributed by atoms with Crippen LogP contribution in [0.5, 0.6) is 0 Å². The number of carboxylic acid groups (broad SMARTS) is 1. The third-order valence-corrected chi connectivity index (χ3v) is 2.49. The molecule has 5 heteroatoms. The first kappa shape index (κ1) is 10.3. The van der Waals surface area contributed by atoms with E-state index in [0.717, 1.165) is 11.8 Å². The van der Waals surface area contributed by atoms with E-state index < -0.39 is 11.8 Å². The van der Waals surface area contributed by atoms with Crippen molar-refractivity contribution in [2.24, 2.45) is 0 Å². The molecular weight excluding hydrogens is 215 g/mol. The number of thioether (sulfide) groups is 1. The minimum Gasteiger partial charge on any atom is -0.481 e. The Balaban J connectivity index is 2.75. The molecule has 1 N–H and O–H groups in total. The van der Waals surface area contributed by atoms with Gasteiger partial charge in [0.05, 0.1) is 5.75 Å². The van der Waals surface area contributed by atoms with Crippen LogP contribution in [-0.2, 0) is 4.79 Å². The summed E-state index contributed by atoms with van der Waals surface area (Å²) in [7, 11) is 0. The van der Waals surface area contributed by atoms with Crippen molar-refractivity contribution in [2.75, 3.05) is 5.75 Å². The molecule has 0 spiro atoms. The molecule has 70 valence electrons. The number of benzene rings is 1. The second-order valence-electron chi connectivity index (χ2n) is 2.26. The van der Waals surface area contributed by atoms with Gasteiger partial charge in [-0.2, -0.15) is 0 Å². The van der Waals surface area contributed by atoms with Crippen LogP contribution < -0.4 is 0 Å². The second kappa shape index (κ2) is 4.48. The van der Waals surface area contributed by atoms with Gasteiger partial charge in [-0.1, -0.05) is 11.6 Å². The summed E-state index contributed by atoms with van der Waals surface area (Å²) in [6, 6.07) is 4.04. The van der Waals surface area contributed by atoms with Crippen LogP contribution in [0, 0.1) is 5.82 Å². The van der Waals surface area contributed by atoms with Crippen molar-refractivity contribution in [1.82, 2.24) is 0 Å². The monoisotopic (exact) mass is 220 g/mol. The predicted molar refractivity (Wildman–Crippen MR) is 49.8 cm³/mol. The van der Waals surface area contributed by atoms with Gasteiger partial charge in [0.2, 0.25) is 0 Å². The minimum absolute atomic E-state index is 0.169. The largest absolute Gasteiger partial charge is 0.481 e. The Morgan fingerprint density at radius 3 is 2.92 bits per heavy atom. The molecule has 1 rings (SSSR count). The van der Waals surface area contributed by atoms with Crippen LogP contribution in [0.4, 0.5) is 4.39 Å². The Hall–Kier alpha value is -0.740. The Kier molecular flexibility index (Phi) is 3.57. The maximum atomic E-state index is 12.9. The maximum Gasteiger partial charge on any atom is 0.313 e. The standard InChI is InChI=1S/C8H6ClFO2S/c9-5-1-2-6(10)7(3-5)13-4-8(11)12/h1-3H,4H2,(H,11,12). The van der Waals surface area contributed by atoms with Crippen molar-refractivity contribution in [3.63, 3.8) is 0 Å². The third kappa shape index (κ3) is 3.24. The highest BCUT2D eigenvalue weighted by atomic mass is 35.5. The number of rotatable bonds is 3. The smallest absolute Gasteiger partial charge is 0.313 e. The molecule has 1 aromatic rings. The van der Waals surface area contributed by atoms with Gasteiger partial charge in [0.15, 0.2) is 0 Å². The van der Waals surface area contributed by atoms with E-state index in [2.05, 4.69) is 0 Å². The lowest BCUT2D eigenvalue weighted by Crippen LogP contribution is -1.98. The molecule has 1 aromatic carbocycles. The zero-order valence-corrected chi connectivity index (χ0v) is 8.03. The number of hydrogen-bond donors (Lipinski definition) is 1. The molecule has 0 saturated heterocycles. The molecule has 13 heavy (non-hydrogen) atoms. The molecule has 0 aliphatic rings. The van der Waals surface area contributed by atoms with Gasteiger partial charge in [0.1, 0.15) is 5.82 Å². The van der Waals surface area contributed by atoms with Gasteiger partial charge in [0, 0.05) is 9.92 Å². The molecule has 0 fully saturated rings. The normalized spacial score (nSPS) is 10.0. The highest BCUT2D eigenvalue weighted by Crippen LogP contribution is 2.24. The average molecular weight is 221 g/mol. The van der Waals surface area contributed by atoms with Gasteiger partial charge in [-0.05, 0) is 18.2 Å². The van der Waals surface area contributed by atoms with Crippen LogP contribution in [0.2, 0.25) is 5.02 Å². The van der Waals surface area contributed by atoms with Crippen LogP contribution >= 0.6 is 23.4 Å². The summed E-state index contributed by atoms with van der Waals surface area (Å²) in [5, 5.41) is 8.76. The quantitative estimate of drug-likeness (QED) is 0.796. The fourth-order valence-electron chi connectivity index (χ4n) is 0.727. The first-order valence-electron chi connectivity index (χ1n) is 3.39. The first-order chi connectivity index (χ1) is 6.09. The summed E-state index contributed by atoms with van der Waals surface area (Å²) < 4.78 is 12.9. The molecule has 0 radical (unpaired) electrons. The van der Waals surface area contributed by atoms with Crippen LogP contribution in [0.25, 0.3) is 0 Å². The molecule has 0 unspecified atom stereocenters. The summed E-state index contributed by atoms with van der Waals surface area (Å²) >= 11 is 6.52. The Labute approximate surface area is 83.7 Å². The highest BCUT2D eigenvalue weighted by Gasteiger charge is 2.05. The Morgan fingerprint density at radius 1 is 1.62 bits per heavy atom. The van der Waals surface area contributed by atoms with Crippen molar-refractivity contribution < 1.29 is 14.3 Å². The molecule has 0 aliphatic heterocycles. The van der Waals surface area contributed by atoms with E-state index in [9.17, 15) is 9.18 Å². The predicted octanol–water partition coefficient (Wildman–Crippen LogP) is 2.66. The van der Waals surface area contributed by atoms with E-state index in [-0.39, 0.29) is 10.6 Å².